The smallest absolute Gasteiger partial charge is 0.316 e. The Balaban J connectivity index is 1.32. The number of aliphatic hydroxyl groups is 3. The Bertz CT molecular complexity index is 1210. The summed E-state index contributed by atoms with van der Waals surface area (Å²) in [5.41, 5.74) is 1.99. The second-order valence-corrected chi connectivity index (χ2v) is 9.97. The number of carbonyl (C=O) groups excluding carboxylic acids is 1. The lowest BCUT2D eigenvalue weighted by molar-refractivity contribution is -0.129. The van der Waals surface area contributed by atoms with Crippen LogP contribution in [0.25, 0.3) is 22.6 Å². The van der Waals surface area contributed by atoms with Gasteiger partial charge in [-0.1, -0.05) is 5.16 Å². The van der Waals surface area contributed by atoms with Gasteiger partial charge in [-0.2, -0.15) is 4.98 Å². The van der Waals surface area contributed by atoms with Crippen LogP contribution in [0.2, 0.25) is 0 Å². The van der Waals surface area contributed by atoms with Crippen molar-refractivity contribution in [2.24, 2.45) is 17.8 Å². The topological polar surface area (TPSA) is 182 Å². The molecule has 12 heteroatoms. The Morgan fingerprint density at radius 3 is 2.68 bits per heavy atom. The zero-order valence-electron chi connectivity index (χ0n) is 18.4. The minimum atomic E-state index is -0.825. The number of nitrogens with zero attached hydrogens (tertiary/aromatic N) is 4. The van der Waals surface area contributed by atoms with Gasteiger partial charge in [-0.05, 0) is 49.9 Å². The van der Waals surface area contributed by atoms with Gasteiger partial charge in [0, 0.05) is 12.2 Å². The quantitative estimate of drug-likeness (QED) is 0.284. The number of H-pyrrole nitrogens is 1. The van der Waals surface area contributed by atoms with E-state index in [0.29, 0.717) is 40.2 Å². The molecule has 1 amide bonds. The third kappa shape index (κ3) is 3.53. The molecule has 1 unspecified atom stereocenters. The average molecular weight is 470 g/mol. The summed E-state index contributed by atoms with van der Waals surface area (Å²) in [5, 5.41) is 39.5. The highest BCUT2D eigenvalue weighted by atomic mass is 16.5. The summed E-state index contributed by atoms with van der Waals surface area (Å²) in [6.45, 7) is -0.840. The zero-order valence-corrected chi connectivity index (χ0v) is 18.4. The van der Waals surface area contributed by atoms with E-state index in [9.17, 15) is 20.1 Å². The molecule has 4 bridgehead atoms. The van der Waals surface area contributed by atoms with Crippen molar-refractivity contribution in [2.45, 2.75) is 49.8 Å². The van der Waals surface area contributed by atoms with Crippen LogP contribution < -0.4 is 10.6 Å². The lowest BCUT2D eigenvalue weighted by atomic mass is 9.52. The van der Waals surface area contributed by atoms with Crippen LogP contribution in [0, 0.1) is 17.8 Å². The molecule has 3 aromatic heterocycles. The molecule has 4 aliphatic carbocycles. The van der Waals surface area contributed by atoms with Gasteiger partial charge >= 0.3 is 11.8 Å². The molecule has 5 atom stereocenters. The predicted octanol–water partition coefficient (Wildman–Crippen LogP) is 0.442. The molecule has 0 aliphatic heterocycles. The number of hydrogen-bond acceptors (Lipinski definition) is 10. The first-order valence-corrected chi connectivity index (χ1v) is 11.6. The normalized spacial score (nSPS) is 29.8. The Kier molecular flexibility index (Phi) is 5.04. The van der Waals surface area contributed by atoms with E-state index < -0.39 is 30.8 Å². The van der Waals surface area contributed by atoms with Gasteiger partial charge in [0.25, 0.3) is 0 Å². The number of anilines is 1. The number of nitrogens with one attached hydrogen (secondary N) is 3. The molecule has 0 radical (unpaired) electrons. The van der Waals surface area contributed by atoms with Crippen LogP contribution in [-0.2, 0) is 0 Å². The number of hydrogen-bond donors (Lipinski definition) is 6. The molecule has 4 fully saturated rings. The summed E-state index contributed by atoms with van der Waals surface area (Å²) < 4.78 is 5.16. The van der Waals surface area contributed by atoms with Gasteiger partial charge in [-0.25, -0.2) is 9.97 Å². The molecule has 0 spiro atoms. The van der Waals surface area contributed by atoms with Crippen molar-refractivity contribution >= 4 is 22.8 Å². The first kappa shape index (κ1) is 21.4. The minimum absolute atomic E-state index is 0.178. The summed E-state index contributed by atoms with van der Waals surface area (Å²) in [6.07, 6.45) is 7.90. The van der Waals surface area contributed by atoms with E-state index in [1.807, 2.05) is 0 Å². The minimum Gasteiger partial charge on any atom is -0.394 e. The van der Waals surface area contributed by atoms with E-state index in [4.69, 9.17) is 4.52 Å². The maximum atomic E-state index is 12.4. The Hall–Kier alpha value is -3.09. The van der Waals surface area contributed by atoms with E-state index in [2.05, 4.69) is 35.7 Å². The summed E-state index contributed by atoms with van der Waals surface area (Å²) in [7, 11) is 0. The summed E-state index contributed by atoms with van der Waals surface area (Å²) in [6, 6.07) is -0.642. The van der Waals surface area contributed by atoms with Crippen molar-refractivity contribution in [3.05, 3.63) is 18.4 Å². The van der Waals surface area contributed by atoms with Crippen molar-refractivity contribution in [1.29, 1.82) is 0 Å². The van der Waals surface area contributed by atoms with Crippen molar-refractivity contribution < 1.29 is 24.6 Å². The van der Waals surface area contributed by atoms with Crippen LogP contribution in [0.1, 0.15) is 42.8 Å². The molecule has 6 N–H and O–H groups in total. The highest BCUT2D eigenvalue weighted by molar-refractivity contribution is 5.95. The molecular formula is C22H27N7O5. The van der Waals surface area contributed by atoms with Gasteiger partial charge in [0.05, 0.1) is 42.4 Å². The van der Waals surface area contributed by atoms with Crippen LogP contribution in [-0.4, -0.2) is 77.2 Å². The number of aromatic nitrogens is 5. The summed E-state index contributed by atoms with van der Waals surface area (Å²) in [5.74, 6) is 0.523. The third-order valence-electron chi connectivity index (χ3n) is 7.64. The molecule has 0 aromatic carbocycles. The van der Waals surface area contributed by atoms with Crippen molar-refractivity contribution in [2.75, 3.05) is 18.5 Å². The van der Waals surface area contributed by atoms with Crippen molar-refractivity contribution in [3.8, 4) is 11.4 Å². The average Bonchev–Trinajstić information content (AvgIpc) is 3.48. The number of fused-ring (bicyclic) bond motifs is 1. The van der Waals surface area contributed by atoms with Crippen LogP contribution in [0.4, 0.5) is 5.69 Å². The number of amides is 1. The van der Waals surface area contributed by atoms with Crippen molar-refractivity contribution in [1.82, 2.24) is 30.4 Å². The summed E-state index contributed by atoms with van der Waals surface area (Å²) >= 11 is 0. The highest BCUT2D eigenvalue weighted by Gasteiger charge is 2.54. The van der Waals surface area contributed by atoms with Gasteiger partial charge in [0.2, 0.25) is 5.82 Å². The monoisotopic (exact) mass is 469 g/mol. The third-order valence-corrected chi connectivity index (χ3v) is 7.64. The predicted molar refractivity (Wildman–Crippen MR) is 119 cm³/mol. The number of pyridine rings is 1. The summed E-state index contributed by atoms with van der Waals surface area (Å²) in [4.78, 5) is 28.5. The van der Waals surface area contributed by atoms with E-state index in [0.717, 1.165) is 32.1 Å². The van der Waals surface area contributed by atoms with Crippen LogP contribution in [0.3, 0.4) is 0 Å². The van der Waals surface area contributed by atoms with E-state index in [1.54, 1.807) is 12.5 Å². The first-order valence-electron chi connectivity index (χ1n) is 11.6. The number of aromatic amines is 1. The van der Waals surface area contributed by atoms with Gasteiger partial charge in [0.1, 0.15) is 5.52 Å². The second kappa shape index (κ2) is 8.00. The Morgan fingerprint density at radius 1 is 1.21 bits per heavy atom. The van der Waals surface area contributed by atoms with Gasteiger partial charge < -0.3 is 35.5 Å². The lowest BCUT2D eigenvalue weighted by Crippen LogP contribution is -2.59. The molecule has 4 saturated carbocycles. The largest absolute Gasteiger partial charge is 0.394 e. The number of carbonyl (C=O) groups is 1. The van der Waals surface area contributed by atoms with E-state index in [1.165, 1.54) is 0 Å². The van der Waals surface area contributed by atoms with Crippen LogP contribution >= 0.6 is 0 Å². The molecule has 34 heavy (non-hydrogen) atoms. The van der Waals surface area contributed by atoms with Crippen molar-refractivity contribution in [3.63, 3.8) is 0 Å². The second-order valence-electron chi connectivity index (χ2n) is 9.97. The first-order chi connectivity index (χ1) is 16.5. The molecule has 3 aromatic rings. The van der Waals surface area contributed by atoms with E-state index >= 15 is 0 Å². The van der Waals surface area contributed by atoms with Gasteiger partial charge in [-0.3, -0.25) is 4.79 Å². The van der Waals surface area contributed by atoms with Gasteiger partial charge in [0.15, 0.2) is 5.65 Å². The number of aliphatic hydroxyl groups excluding tert-OH is 2. The molecule has 0 saturated heterocycles. The molecule has 12 nitrogen and oxygen atoms in total. The number of imidazole rings is 1. The lowest BCUT2D eigenvalue weighted by Gasteiger charge is -2.58. The molecule has 3 heterocycles. The fourth-order valence-electron chi connectivity index (χ4n) is 6.41. The Morgan fingerprint density at radius 2 is 1.97 bits per heavy atom. The number of rotatable bonds is 7. The standard InChI is InChI=1S/C22H27N7O5/c30-7-13(8-31)26-20(32)21-28-18(29-34-21)14-6-23-19-17(24-9-25-19)16(14)27-15-11-1-10-2-12(15)5-22(33,3-10)4-11/h6,9-13,15,30-31,33H,1-5,7-8H2,(H,26,32)(H2,23,24,25,27)/t10?,11-,12+,15+,22-. The fraction of sp³-hybridized carbons (Fsp3) is 0.591. The molecule has 4 aliphatic rings. The maximum Gasteiger partial charge on any atom is 0.316 e. The Labute approximate surface area is 194 Å². The molecule has 180 valence electrons. The maximum absolute atomic E-state index is 12.4. The van der Waals surface area contributed by atoms with Crippen LogP contribution in [0.5, 0.6) is 0 Å². The van der Waals surface area contributed by atoms with Crippen LogP contribution in [0.15, 0.2) is 17.0 Å². The molecular weight excluding hydrogens is 442 g/mol. The SMILES string of the molecule is O=C(NC(CO)CO)c1nc(-c2cnc3[nH]cnc3c2N[C@H]2[C@@H]3CC4C[C@H]2C[C@@](O)(C4)C3)no1. The van der Waals surface area contributed by atoms with Gasteiger partial charge in [-0.15, -0.1) is 0 Å². The fourth-order valence-corrected chi connectivity index (χ4v) is 6.41. The highest BCUT2D eigenvalue weighted by Crippen LogP contribution is 2.56. The van der Waals surface area contributed by atoms with E-state index in [-0.39, 0.29) is 17.8 Å². The molecule has 7 rings (SSSR count). The zero-order chi connectivity index (χ0) is 23.4.